The summed E-state index contributed by atoms with van der Waals surface area (Å²) in [5.74, 6) is -1.13. The Kier molecular flexibility index (Phi) is 3.83. The molecule has 1 aliphatic heterocycles. The fraction of sp³-hybridized carbons (Fsp3) is 0.250. The zero-order valence-corrected chi connectivity index (χ0v) is 10.6. The van der Waals surface area contributed by atoms with Crippen LogP contribution >= 0.6 is 0 Å². The lowest BCUT2D eigenvalue weighted by Crippen LogP contribution is -2.41. The van der Waals surface area contributed by atoms with Crippen LogP contribution in [-0.2, 0) is 9.53 Å². The predicted molar refractivity (Wildman–Crippen MR) is 67.1 cm³/mol. The van der Waals surface area contributed by atoms with E-state index in [2.05, 4.69) is 4.98 Å². The van der Waals surface area contributed by atoms with Crippen molar-refractivity contribution in [3.63, 3.8) is 0 Å². The van der Waals surface area contributed by atoms with Crippen molar-refractivity contribution in [2.24, 2.45) is 0 Å². The zero-order chi connectivity index (χ0) is 14.7. The maximum atomic E-state index is 13.3. The summed E-state index contributed by atoms with van der Waals surface area (Å²) in [6, 6.07) is 0. The number of nitrogens with one attached hydrogen (secondary N) is 1. The summed E-state index contributed by atoms with van der Waals surface area (Å²) in [4.78, 5) is 37.8. The molecule has 2 heterocycles. The number of nitrogens with zero attached hydrogens (tertiary/aromatic N) is 2. The number of carbonyl (C=O) groups is 1. The van der Waals surface area contributed by atoms with Crippen LogP contribution < -0.4 is 11.2 Å². The van der Waals surface area contributed by atoms with Crippen molar-refractivity contribution in [3.05, 3.63) is 56.9 Å². The first kappa shape index (κ1) is 13.8. The molecular weight excluding hydrogens is 269 g/mol. The fourth-order valence-electron chi connectivity index (χ4n) is 1.92. The van der Waals surface area contributed by atoms with Crippen molar-refractivity contribution in [2.45, 2.75) is 12.6 Å². The quantitative estimate of drug-likeness (QED) is 0.790. The Balaban J connectivity index is 2.55. The zero-order valence-electron chi connectivity index (χ0n) is 10.6. The van der Waals surface area contributed by atoms with Crippen molar-refractivity contribution in [1.82, 2.24) is 14.5 Å². The number of allylic oxidation sites excluding steroid dienone is 1. The van der Waals surface area contributed by atoms with Crippen LogP contribution in [0.25, 0.3) is 0 Å². The molecule has 1 aromatic rings. The molecule has 0 aliphatic carbocycles. The average molecular weight is 281 g/mol. The molecule has 0 aromatic carbocycles. The Morgan fingerprint density at radius 2 is 2.25 bits per heavy atom. The Labute approximate surface area is 112 Å². The van der Waals surface area contributed by atoms with Crippen LogP contribution in [0.1, 0.15) is 12.6 Å². The fourth-order valence-corrected chi connectivity index (χ4v) is 1.92. The average Bonchev–Trinajstić information content (AvgIpc) is 2.42. The van der Waals surface area contributed by atoms with Crippen molar-refractivity contribution in [3.8, 4) is 0 Å². The first-order valence-electron chi connectivity index (χ1n) is 5.72. The summed E-state index contributed by atoms with van der Waals surface area (Å²) in [5.41, 5.74) is -1.54. The summed E-state index contributed by atoms with van der Waals surface area (Å²) in [7, 11) is 1.73. The second-order valence-electron chi connectivity index (χ2n) is 4.16. The molecular formula is C12H12FN3O4. The van der Waals surface area contributed by atoms with E-state index in [1.54, 1.807) is 30.4 Å². The van der Waals surface area contributed by atoms with Crippen LogP contribution in [0.5, 0.6) is 0 Å². The lowest BCUT2D eigenvalue weighted by molar-refractivity contribution is -0.136. The van der Waals surface area contributed by atoms with E-state index in [0.29, 0.717) is 22.8 Å². The lowest BCUT2D eigenvalue weighted by atomic mass is 10.1. The third-order valence-corrected chi connectivity index (χ3v) is 2.76. The van der Waals surface area contributed by atoms with Crippen molar-refractivity contribution in [1.29, 1.82) is 0 Å². The van der Waals surface area contributed by atoms with Crippen LogP contribution in [0.15, 0.2) is 39.8 Å². The molecule has 106 valence electrons. The number of hydrogen-bond acceptors (Lipinski definition) is 5. The maximum absolute atomic E-state index is 13.3. The molecule has 2 rings (SSSR count). The van der Waals surface area contributed by atoms with Gasteiger partial charge in [0, 0.05) is 25.0 Å². The van der Waals surface area contributed by atoms with Gasteiger partial charge in [-0.15, -0.1) is 0 Å². The van der Waals surface area contributed by atoms with E-state index in [1.165, 1.54) is 0 Å². The van der Waals surface area contributed by atoms with E-state index in [0.717, 1.165) is 0 Å². The molecule has 0 spiro atoms. The topological polar surface area (TPSA) is 84.4 Å². The SMILES string of the molecule is CN1C=CCC(C(OC=O)n2c(=O)[nH]cc(F)c2=O)=C1. The molecule has 20 heavy (non-hydrogen) atoms. The number of rotatable bonds is 4. The first-order valence-corrected chi connectivity index (χ1v) is 5.72. The highest BCUT2D eigenvalue weighted by Crippen LogP contribution is 2.22. The Morgan fingerprint density at radius 3 is 2.90 bits per heavy atom. The third kappa shape index (κ3) is 2.53. The predicted octanol–water partition coefficient (Wildman–Crippen LogP) is 0.0804. The molecule has 1 aromatic heterocycles. The summed E-state index contributed by atoms with van der Waals surface area (Å²) in [5, 5.41) is 0. The standard InChI is InChI=1S/C12H12FN3O4/c1-15-4-2-3-8(6-15)11(20-7-17)16-10(18)9(13)5-14-12(16)19/h2,4-7,11H,3H2,1H3,(H,14,19). The van der Waals surface area contributed by atoms with Gasteiger partial charge < -0.3 is 14.6 Å². The maximum Gasteiger partial charge on any atom is 0.331 e. The molecule has 0 saturated heterocycles. The molecule has 0 radical (unpaired) electrons. The van der Waals surface area contributed by atoms with Crippen molar-refractivity contribution in [2.75, 3.05) is 7.05 Å². The van der Waals surface area contributed by atoms with E-state index in [1.807, 2.05) is 0 Å². The molecule has 7 nitrogen and oxygen atoms in total. The molecule has 8 heteroatoms. The second kappa shape index (κ2) is 5.55. The minimum absolute atomic E-state index is 0.112. The Morgan fingerprint density at radius 1 is 1.50 bits per heavy atom. The van der Waals surface area contributed by atoms with E-state index in [4.69, 9.17) is 4.74 Å². The monoisotopic (exact) mass is 281 g/mol. The molecule has 0 amide bonds. The Hall–Kier alpha value is -2.64. The number of hydrogen-bond donors (Lipinski definition) is 1. The van der Waals surface area contributed by atoms with Gasteiger partial charge in [-0.1, -0.05) is 6.08 Å². The van der Waals surface area contributed by atoms with Crippen molar-refractivity contribution < 1.29 is 13.9 Å². The van der Waals surface area contributed by atoms with Gasteiger partial charge in [-0.25, -0.2) is 9.36 Å². The molecule has 0 saturated carbocycles. The highest BCUT2D eigenvalue weighted by Gasteiger charge is 2.23. The van der Waals surface area contributed by atoms with Gasteiger partial charge in [0.25, 0.3) is 12.0 Å². The van der Waals surface area contributed by atoms with Gasteiger partial charge in [-0.05, 0) is 12.6 Å². The number of carbonyl (C=O) groups excluding carboxylic acids is 1. The normalized spacial score (nSPS) is 15.7. The smallest absolute Gasteiger partial charge is 0.331 e. The van der Waals surface area contributed by atoms with Crippen molar-refractivity contribution >= 4 is 6.47 Å². The van der Waals surface area contributed by atoms with E-state index in [-0.39, 0.29) is 6.47 Å². The highest BCUT2D eigenvalue weighted by atomic mass is 19.1. The van der Waals surface area contributed by atoms with Gasteiger partial charge in [0.05, 0.1) is 0 Å². The number of H-pyrrole nitrogens is 1. The van der Waals surface area contributed by atoms with Gasteiger partial charge in [0.1, 0.15) is 0 Å². The van der Waals surface area contributed by atoms with Crippen LogP contribution in [0, 0.1) is 5.82 Å². The number of aromatic amines is 1. The second-order valence-corrected chi connectivity index (χ2v) is 4.16. The van der Waals surface area contributed by atoms with E-state index < -0.39 is 23.3 Å². The third-order valence-electron chi connectivity index (χ3n) is 2.76. The van der Waals surface area contributed by atoms with Gasteiger partial charge in [0.2, 0.25) is 12.0 Å². The largest absolute Gasteiger partial charge is 0.439 e. The molecule has 1 unspecified atom stereocenters. The van der Waals surface area contributed by atoms with Crippen LogP contribution in [0.2, 0.25) is 0 Å². The lowest BCUT2D eigenvalue weighted by Gasteiger charge is -2.23. The molecule has 1 N–H and O–H groups in total. The van der Waals surface area contributed by atoms with Gasteiger partial charge in [-0.2, -0.15) is 4.39 Å². The number of aromatic nitrogens is 2. The molecule has 0 bridgehead atoms. The van der Waals surface area contributed by atoms with Gasteiger partial charge >= 0.3 is 5.69 Å². The molecule has 0 fully saturated rings. The number of halogens is 1. The van der Waals surface area contributed by atoms with E-state index in [9.17, 15) is 18.8 Å². The van der Waals surface area contributed by atoms with Crippen LogP contribution in [0.3, 0.4) is 0 Å². The Bertz CT molecular complexity index is 689. The van der Waals surface area contributed by atoms with E-state index >= 15 is 0 Å². The minimum Gasteiger partial charge on any atom is -0.439 e. The summed E-state index contributed by atoms with van der Waals surface area (Å²) < 4.78 is 18.6. The minimum atomic E-state index is -1.29. The summed E-state index contributed by atoms with van der Waals surface area (Å²) in [6.07, 6.45) is 4.87. The summed E-state index contributed by atoms with van der Waals surface area (Å²) >= 11 is 0. The highest BCUT2D eigenvalue weighted by molar-refractivity contribution is 5.38. The van der Waals surface area contributed by atoms with Crippen LogP contribution in [0.4, 0.5) is 4.39 Å². The van der Waals surface area contributed by atoms with Crippen LogP contribution in [-0.4, -0.2) is 28.0 Å². The summed E-state index contributed by atoms with van der Waals surface area (Å²) in [6.45, 7) is 0.112. The first-order chi connectivity index (χ1) is 9.54. The van der Waals surface area contributed by atoms with Gasteiger partial charge in [0.15, 0.2) is 0 Å². The molecule has 1 aliphatic rings. The van der Waals surface area contributed by atoms with Gasteiger partial charge in [-0.3, -0.25) is 9.59 Å². The molecule has 1 atom stereocenters. The number of ether oxygens (including phenoxy) is 1.